The van der Waals surface area contributed by atoms with E-state index >= 15 is 0 Å². The van der Waals surface area contributed by atoms with Crippen molar-refractivity contribution >= 4 is 11.6 Å². The molecule has 0 radical (unpaired) electrons. The van der Waals surface area contributed by atoms with Gasteiger partial charge in [-0.3, -0.25) is 4.79 Å². The molecule has 21 heavy (non-hydrogen) atoms. The predicted octanol–water partition coefficient (Wildman–Crippen LogP) is 1.22. The Bertz CT molecular complexity index is 685. The molecule has 0 aromatic carbocycles. The van der Waals surface area contributed by atoms with Gasteiger partial charge in [0.05, 0.1) is 6.20 Å². The summed E-state index contributed by atoms with van der Waals surface area (Å²) < 4.78 is 1.71. The van der Waals surface area contributed by atoms with Crippen molar-refractivity contribution in [1.82, 2.24) is 25.2 Å². The highest BCUT2D eigenvalue weighted by Gasteiger charge is 2.29. The van der Waals surface area contributed by atoms with Crippen molar-refractivity contribution in [2.45, 2.75) is 39.2 Å². The Balaban J connectivity index is 1.91. The van der Waals surface area contributed by atoms with Crippen molar-refractivity contribution in [3.8, 4) is 0 Å². The van der Waals surface area contributed by atoms with Crippen LogP contribution in [-0.2, 0) is 0 Å². The second-order valence-corrected chi connectivity index (χ2v) is 6.10. The van der Waals surface area contributed by atoms with E-state index in [-0.39, 0.29) is 11.4 Å². The maximum absolute atomic E-state index is 12.6. The molecule has 3 rings (SSSR count). The van der Waals surface area contributed by atoms with Crippen LogP contribution >= 0.6 is 0 Å². The minimum absolute atomic E-state index is 0.0908. The Morgan fingerprint density at radius 1 is 1.38 bits per heavy atom. The highest BCUT2D eigenvalue weighted by Crippen LogP contribution is 2.19. The molecule has 6 nitrogen and oxygen atoms in total. The van der Waals surface area contributed by atoms with E-state index in [9.17, 15) is 4.79 Å². The van der Waals surface area contributed by atoms with E-state index in [2.05, 4.69) is 27.6 Å². The fourth-order valence-corrected chi connectivity index (χ4v) is 2.88. The Morgan fingerprint density at radius 3 is 2.81 bits per heavy atom. The van der Waals surface area contributed by atoms with Gasteiger partial charge in [-0.25, -0.2) is 9.50 Å². The van der Waals surface area contributed by atoms with Crippen LogP contribution in [0.2, 0.25) is 0 Å². The van der Waals surface area contributed by atoms with E-state index in [4.69, 9.17) is 0 Å². The van der Waals surface area contributed by atoms with Crippen LogP contribution in [-0.4, -0.2) is 39.1 Å². The van der Waals surface area contributed by atoms with Gasteiger partial charge in [0, 0.05) is 16.9 Å². The lowest BCUT2D eigenvalue weighted by molar-refractivity contribution is 0.0889. The highest BCUT2D eigenvalue weighted by atomic mass is 16.1. The maximum Gasteiger partial charge on any atom is 0.257 e. The average Bonchev–Trinajstić information content (AvgIpc) is 2.83. The number of carbonyl (C=O) groups is 1. The van der Waals surface area contributed by atoms with Crippen LogP contribution in [0, 0.1) is 13.8 Å². The van der Waals surface area contributed by atoms with Crippen molar-refractivity contribution in [1.29, 1.82) is 0 Å². The SMILES string of the molecule is Cc1cc(C)n2ncc(C(=O)NC3(C)CCNCC3)c2n1. The third kappa shape index (κ3) is 2.63. The molecule has 0 atom stereocenters. The molecule has 0 spiro atoms. The third-order valence-corrected chi connectivity index (χ3v) is 4.14. The van der Waals surface area contributed by atoms with Crippen molar-refractivity contribution in [2.75, 3.05) is 13.1 Å². The monoisotopic (exact) mass is 287 g/mol. The summed E-state index contributed by atoms with van der Waals surface area (Å²) in [5.74, 6) is -0.0908. The van der Waals surface area contributed by atoms with Crippen molar-refractivity contribution in [2.24, 2.45) is 0 Å². The smallest absolute Gasteiger partial charge is 0.257 e. The zero-order valence-electron chi connectivity index (χ0n) is 12.7. The summed E-state index contributed by atoms with van der Waals surface area (Å²) in [5, 5.41) is 10.7. The van der Waals surface area contributed by atoms with E-state index in [0.717, 1.165) is 37.3 Å². The number of aromatic nitrogens is 3. The number of amides is 1. The quantitative estimate of drug-likeness (QED) is 0.871. The molecule has 1 aliphatic heterocycles. The number of piperidine rings is 1. The summed E-state index contributed by atoms with van der Waals surface area (Å²) >= 11 is 0. The zero-order chi connectivity index (χ0) is 15.0. The molecule has 3 heterocycles. The van der Waals surface area contributed by atoms with Gasteiger partial charge in [0.15, 0.2) is 5.65 Å². The fourth-order valence-electron chi connectivity index (χ4n) is 2.88. The second kappa shape index (κ2) is 5.11. The molecule has 1 aliphatic rings. The summed E-state index contributed by atoms with van der Waals surface area (Å²) in [7, 11) is 0. The van der Waals surface area contributed by atoms with Crippen LogP contribution in [0.1, 0.15) is 41.5 Å². The first kappa shape index (κ1) is 14.0. The lowest BCUT2D eigenvalue weighted by atomic mass is 9.90. The molecule has 2 aromatic rings. The van der Waals surface area contributed by atoms with Crippen LogP contribution in [0.5, 0.6) is 0 Å². The van der Waals surface area contributed by atoms with Gasteiger partial charge in [-0.1, -0.05) is 0 Å². The number of nitrogens with one attached hydrogen (secondary N) is 2. The molecular formula is C15H21N5O. The van der Waals surface area contributed by atoms with Gasteiger partial charge in [0.2, 0.25) is 0 Å². The normalized spacial score (nSPS) is 17.9. The van der Waals surface area contributed by atoms with E-state index in [1.54, 1.807) is 10.7 Å². The second-order valence-electron chi connectivity index (χ2n) is 6.10. The minimum Gasteiger partial charge on any atom is -0.347 e. The Hall–Kier alpha value is -1.95. The zero-order valence-corrected chi connectivity index (χ0v) is 12.7. The maximum atomic E-state index is 12.6. The molecule has 2 aromatic heterocycles. The van der Waals surface area contributed by atoms with Crippen LogP contribution in [0.3, 0.4) is 0 Å². The number of carbonyl (C=O) groups excluding carboxylic acids is 1. The predicted molar refractivity (Wildman–Crippen MR) is 80.4 cm³/mol. The molecule has 1 saturated heterocycles. The largest absolute Gasteiger partial charge is 0.347 e. The summed E-state index contributed by atoms with van der Waals surface area (Å²) in [6.45, 7) is 7.85. The average molecular weight is 287 g/mol. The van der Waals surface area contributed by atoms with E-state index < -0.39 is 0 Å². The summed E-state index contributed by atoms with van der Waals surface area (Å²) in [4.78, 5) is 17.1. The van der Waals surface area contributed by atoms with E-state index in [0.29, 0.717) is 11.2 Å². The van der Waals surface area contributed by atoms with Crippen molar-refractivity contribution in [3.05, 3.63) is 29.2 Å². The van der Waals surface area contributed by atoms with Crippen molar-refractivity contribution < 1.29 is 4.79 Å². The van der Waals surface area contributed by atoms with E-state index in [1.807, 2.05) is 19.9 Å². The van der Waals surface area contributed by atoms with Gasteiger partial charge in [-0.2, -0.15) is 5.10 Å². The van der Waals surface area contributed by atoms with Crippen molar-refractivity contribution in [3.63, 3.8) is 0 Å². The molecule has 112 valence electrons. The minimum atomic E-state index is -0.157. The van der Waals surface area contributed by atoms with Gasteiger partial charge in [-0.15, -0.1) is 0 Å². The Kier molecular flexibility index (Phi) is 3.41. The lowest BCUT2D eigenvalue weighted by Gasteiger charge is -2.34. The first-order valence-corrected chi connectivity index (χ1v) is 7.34. The van der Waals surface area contributed by atoms with Gasteiger partial charge in [-0.05, 0) is 52.8 Å². The summed E-state index contributed by atoms with van der Waals surface area (Å²) in [6, 6.07) is 1.95. The lowest BCUT2D eigenvalue weighted by Crippen LogP contribution is -2.52. The number of nitrogens with zero attached hydrogens (tertiary/aromatic N) is 3. The van der Waals surface area contributed by atoms with Crippen LogP contribution in [0.15, 0.2) is 12.3 Å². The number of aryl methyl sites for hydroxylation is 2. The number of fused-ring (bicyclic) bond motifs is 1. The molecular weight excluding hydrogens is 266 g/mol. The Labute approximate surface area is 123 Å². The first-order valence-electron chi connectivity index (χ1n) is 7.34. The summed E-state index contributed by atoms with van der Waals surface area (Å²) in [5.41, 5.74) is 2.88. The van der Waals surface area contributed by atoms with Gasteiger partial charge < -0.3 is 10.6 Å². The topological polar surface area (TPSA) is 71.3 Å². The Morgan fingerprint density at radius 2 is 2.10 bits per heavy atom. The molecule has 6 heteroatoms. The number of hydrogen-bond acceptors (Lipinski definition) is 4. The molecule has 0 bridgehead atoms. The van der Waals surface area contributed by atoms with Crippen LogP contribution in [0.25, 0.3) is 5.65 Å². The number of rotatable bonds is 2. The third-order valence-electron chi connectivity index (χ3n) is 4.14. The van der Waals surface area contributed by atoms with E-state index in [1.165, 1.54) is 0 Å². The molecule has 0 saturated carbocycles. The van der Waals surface area contributed by atoms with Gasteiger partial charge in [0.25, 0.3) is 5.91 Å². The van der Waals surface area contributed by atoms with Crippen LogP contribution in [0.4, 0.5) is 0 Å². The molecule has 2 N–H and O–H groups in total. The standard InChI is InChI=1S/C15H21N5O/c1-10-8-11(2)20-13(18-10)12(9-17-20)14(21)19-15(3)4-6-16-7-5-15/h8-9,16H,4-7H2,1-3H3,(H,19,21). The number of hydrogen-bond donors (Lipinski definition) is 2. The fraction of sp³-hybridized carbons (Fsp3) is 0.533. The van der Waals surface area contributed by atoms with Gasteiger partial charge in [0.1, 0.15) is 5.56 Å². The molecule has 1 amide bonds. The molecule has 0 unspecified atom stereocenters. The van der Waals surface area contributed by atoms with Gasteiger partial charge >= 0.3 is 0 Å². The van der Waals surface area contributed by atoms with Crippen LogP contribution < -0.4 is 10.6 Å². The summed E-state index contributed by atoms with van der Waals surface area (Å²) in [6.07, 6.45) is 3.47. The highest BCUT2D eigenvalue weighted by molar-refractivity contribution is 6.00. The first-order chi connectivity index (χ1) is 9.98. The molecule has 0 aliphatic carbocycles. The molecule has 1 fully saturated rings.